The summed E-state index contributed by atoms with van der Waals surface area (Å²) in [4.78, 5) is 33.4. The van der Waals surface area contributed by atoms with Gasteiger partial charge in [0.2, 0.25) is 5.91 Å². The Labute approximate surface area is 142 Å². The molecule has 0 atom stereocenters. The largest absolute Gasteiger partial charge is 0.358 e. The van der Waals surface area contributed by atoms with Crippen LogP contribution in [0.4, 0.5) is 0 Å². The van der Waals surface area contributed by atoms with E-state index in [2.05, 4.69) is 15.2 Å². The van der Waals surface area contributed by atoms with Crippen molar-refractivity contribution in [3.63, 3.8) is 0 Å². The molecule has 2 aromatic rings. The van der Waals surface area contributed by atoms with E-state index >= 15 is 0 Å². The molecule has 1 N–H and O–H groups in total. The molecule has 0 unspecified atom stereocenters. The van der Waals surface area contributed by atoms with Gasteiger partial charge in [-0.05, 0) is 11.4 Å². The lowest BCUT2D eigenvalue weighted by Crippen LogP contribution is -2.50. The molecule has 122 valence electrons. The molecule has 1 fully saturated rings. The Morgan fingerprint density at radius 2 is 2.04 bits per heavy atom. The van der Waals surface area contributed by atoms with Crippen molar-refractivity contribution in [3.8, 4) is 9.88 Å². The van der Waals surface area contributed by atoms with Crippen LogP contribution in [0.2, 0.25) is 0 Å². The molecule has 1 aliphatic heterocycles. The van der Waals surface area contributed by atoms with E-state index in [9.17, 15) is 9.59 Å². The van der Waals surface area contributed by atoms with Gasteiger partial charge in [0.25, 0.3) is 5.91 Å². The van der Waals surface area contributed by atoms with Crippen molar-refractivity contribution in [1.29, 1.82) is 0 Å². The van der Waals surface area contributed by atoms with Gasteiger partial charge in [-0.2, -0.15) is 0 Å². The maximum Gasteiger partial charge on any atom is 0.273 e. The fourth-order valence-electron chi connectivity index (χ4n) is 2.44. The average Bonchev–Trinajstić information content (AvgIpc) is 3.25. The lowest BCUT2D eigenvalue weighted by atomic mass is 10.3. The minimum absolute atomic E-state index is 0.00451. The SMILES string of the molecule is CNC(=O)CN1CCN(C(=O)c2csc(-c3cccs3)n2)CC1. The molecule has 2 amide bonds. The lowest BCUT2D eigenvalue weighted by Gasteiger charge is -2.33. The smallest absolute Gasteiger partial charge is 0.273 e. The fraction of sp³-hybridized carbons (Fsp3) is 0.400. The van der Waals surface area contributed by atoms with Gasteiger partial charge in [0, 0.05) is 38.6 Å². The summed E-state index contributed by atoms with van der Waals surface area (Å²) in [5.74, 6) is -0.0199. The van der Waals surface area contributed by atoms with E-state index in [0.717, 1.165) is 9.88 Å². The molecule has 6 nitrogen and oxygen atoms in total. The summed E-state index contributed by atoms with van der Waals surface area (Å²) in [6.45, 7) is 3.06. The van der Waals surface area contributed by atoms with Crippen molar-refractivity contribution in [1.82, 2.24) is 20.1 Å². The van der Waals surface area contributed by atoms with Crippen LogP contribution < -0.4 is 5.32 Å². The summed E-state index contributed by atoms with van der Waals surface area (Å²) < 4.78 is 0. The molecule has 0 spiro atoms. The fourth-order valence-corrected chi connectivity index (χ4v) is 4.05. The molecule has 0 aliphatic carbocycles. The summed E-state index contributed by atoms with van der Waals surface area (Å²) in [6, 6.07) is 3.99. The number of hydrogen-bond acceptors (Lipinski definition) is 6. The molecule has 0 radical (unpaired) electrons. The van der Waals surface area contributed by atoms with Crippen LogP contribution in [-0.4, -0.2) is 66.4 Å². The zero-order chi connectivity index (χ0) is 16.2. The number of hydrogen-bond donors (Lipinski definition) is 1. The van der Waals surface area contributed by atoms with Gasteiger partial charge in [-0.15, -0.1) is 22.7 Å². The highest BCUT2D eigenvalue weighted by atomic mass is 32.1. The number of nitrogens with one attached hydrogen (secondary N) is 1. The first-order valence-corrected chi connectivity index (χ1v) is 9.15. The van der Waals surface area contributed by atoms with E-state index in [-0.39, 0.29) is 11.8 Å². The highest BCUT2D eigenvalue weighted by molar-refractivity contribution is 7.20. The number of rotatable bonds is 4. The van der Waals surface area contributed by atoms with Crippen molar-refractivity contribution >= 4 is 34.5 Å². The molecular weight excluding hydrogens is 332 g/mol. The Bertz CT molecular complexity index is 675. The summed E-state index contributed by atoms with van der Waals surface area (Å²) in [7, 11) is 1.63. The predicted octanol–water partition coefficient (Wildman–Crippen LogP) is 1.38. The Kier molecular flexibility index (Phi) is 5.04. The molecule has 3 heterocycles. The van der Waals surface area contributed by atoms with Crippen LogP contribution in [0, 0.1) is 0 Å². The number of amides is 2. The van der Waals surface area contributed by atoms with Crippen molar-refractivity contribution in [2.45, 2.75) is 0 Å². The highest BCUT2D eigenvalue weighted by Gasteiger charge is 2.24. The zero-order valence-electron chi connectivity index (χ0n) is 12.8. The third kappa shape index (κ3) is 3.77. The first-order chi connectivity index (χ1) is 11.2. The molecule has 0 bridgehead atoms. The van der Waals surface area contributed by atoms with Crippen molar-refractivity contribution in [2.24, 2.45) is 0 Å². The van der Waals surface area contributed by atoms with Crippen LogP contribution in [0.1, 0.15) is 10.5 Å². The molecule has 2 aromatic heterocycles. The normalized spacial score (nSPS) is 15.6. The Morgan fingerprint density at radius 3 is 2.70 bits per heavy atom. The third-order valence-electron chi connectivity index (χ3n) is 3.76. The van der Waals surface area contributed by atoms with Crippen LogP contribution in [0.3, 0.4) is 0 Å². The zero-order valence-corrected chi connectivity index (χ0v) is 14.5. The Hall–Kier alpha value is -1.77. The van der Waals surface area contributed by atoms with Crippen LogP contribution in [0.5, 0.6) is 0 Å². The molecule has 0 saturated carbocycles. The van der Waals surface area contributed by atoms with E-state index in [4.69, 9.17) is 0 Å². The van der Waals surface area contributed by atoms with Crippen LogP contribution in [0.25, 0.3) is 9.88 Å². The first-order valence-electron chi connectivity index (χ1n) is 7.39. The van der Waals surface area contributed by atoms with Crippen LogP contribution >= 0.6 is 22.7 Å². The third-order valence-corrected chi connectivity index (χ3v) is 5.64. The van der Waals surface area contributed by atoms with E-state index in [1.165, 1.54) is 11.3 Å². The minimum atomic E-state index is -0.0244. The second-order valence-corrected chi connectivity index (χ2v) is 7.06. The molecule has 1 saturated heterocycles. The second-order valence-electron chi connectivity index (χ2n) is 5.26. The van der Waals surface area contributed by atoms with Gasteiger partial charge in [-0.3, -0.25) is 14.5 Å². The summed E-state index contributed by atoms with van der Waals surface area (Å²) >= 11 is 3.12. The number of carbonyl (C=O) groups excluding carboxylic acids is 2. The van der Waals surface area contributed by atoms with Gasteiger partial charge >= 0.3 is 0 Å². The first kappa shape index (κ1) is 16.1. The number of piperazine rings is 1. The molecule has 1 aliphatic rings. The van der Waals surface area contributed by atoms with Crippen LogP contribution in [-0.2, 0) is 4.79 Å². The van der Waals surface area contributed by atoms with Gasteiger partial charge < -0.3 is 10.2 Å². The monoisotopic (exact) mass is 350 g/mol. The number of thiophene rings is 1. The van der Waals surface area contributed by atoms with E-state index < -0.39 is 0 Å². The van der Waals surface area contributed by atoms with Gasteiger partial charge in [0.1, 0.15) is 10.7 Å². The molecule has 0 aromatic carbocycles. The summed E-state index contributed by atoms with van der Waals surface area (Å²) in [5.41, 5.74) is 0.512. The van der Waals surface area contributed by atoms with E-state index in [1.807, 2.05) is 27.8 Å². The average molecular weight is 350 g/mol. The lowest BCUT2D eigenvalue weighted by molar-refractivity contribution is -0.122. The molecule has 3 rings (SSSR count). The van der Waals surface area contributed by atoms with Gasteiger partial charge in [-0.1, -0.05) is 6.07 Å². The highest BCUT2D eigenvalue weighted by Crippen LogP contribution is 2.28. The number of likely N-dealkylation sites (N-methyl/N-ethyl adjacent to an activating group) is 1. The molecule has 23 heavy (non-hydrogen) atoms. The van der Waals surface area contributed by atoms with Crippen LogP contribution in [0.15, 0.2) is 22.9 Å². The molecule has 8 heteroatoms. The topological polar surface area (TPSA) is 65.5 Å². The van der Waals surface area contributed by atoms with E-state index in [1.54, 1.807) is 18.4 Å². The predicted molar refractivity (Wildman–Crippen MR) is 91.8 cm³/mol. The summed E-state index contributed by atoms with van der Waals surface area (Å²) in [5, 5.41) is 7.34. The number of aromatic nitrogens is 1. The van der Waals surface area contributed by atoms with Gasteiger partial charge in [0.05, 0.1) is 11.4 Å². The second kappa shape index (κ2) is 7.20. The maximum atomic E-state index is 12.5. The van der Waals surface area contributed by atoms with Crippen molar-refractivity contribution in [2.75, 3.05) is 39.8 Å². The summed E-state index contributed by atoms with van der Waals surface area (Å²) in [6.07, 6.45) is 0. The number of thiazole rings is 1. The number of carbonyl (C=O) groups is 2. The van der Waals surface area contributed by atoms with Crippen molar-refractivity contribution in [3.05, 3.63) is 28.6 Å². The number of nitrogens with zero attached hydrogens (tertiary/aromatic N) is 3. The minimum Gasteiger partial charge on any atom is -0.358 e. The molecular formula is C15H18N4O2S2. The standard InChI is InChI=1S/C15H18N4O2S2/c1-16-13(20)9-18-4-6-19(7-5-18)15(21)11-10-23-14(17-11)12-3-2-8-22-12/h2-3,8,10H,4-7,9H2,1H3,(H,16,20). The quantitative estimate of drug-likeness (QED) is 0.905. The van der Waals surface area contributed by atoms with Crippen molar-refractivity contribution < 1.29 is 9.59 Å². The van der Waals surface area contributed by atoms with Gasteiger partial charge in [0.15, 0.2) is 0 Å². The Balaban J connectivity index is 1.58. The van der Waals surface area contributed by atoms with E-state index in [0.29, 0.717) is 38.4 Å². The Morgan fingerprint density at radius 1 is 1.26 bits per heavy atom. The maximum absolute atomic E-state index is 12.5. The van der Waals surface area contributed by atoms with Gasteiger partial charge in [-0.25, -0.2) is 4.98 Å².